The van der Waals surface area contributed by atoms with Crippen LogP contribution in [0.25, 0.3) is 33.5 Å². The third-order valence-corrected chi connectivity index (χ3v) is 9.00. The fourth-order valence-corrected chi connectivity index (χ4v) is 6.71. The van der Waals surface area contributed by atoms with Gasteiger partial charge in [0.15, 0.2) is 5.65 Å². The number of imidazole rings is 1. The van der Waals surface area contributed by atoms with Crippen LogP contribution < -0.4 is 4.74 Å². The Bertz CT molecular complexity index is 1810. The molecule has 0 unspecified atom stereocenters. The number of fused-ring (bicyclic) bond motifs is 3. The van der Waals surface area contributed by atoms with Gasteiger partial charge in [0.2, 0.25) is 0 Å². The molecule has 0 spiro atoms. The normalized spacial score (nSPS) is 18.0. The highest BCUT2D eigenvalue weighted by Crippen LogP contribution is 2.42. The molecule has 6 rings (SSSR count). The van der Waals surface area contributed by atoms with E-state index in [1.165, 1.54) is 17.3 Å². The Morgan fingerprint density at radius 2 is 1.84 bits per heavy atom. The first kappa shape index (κ1) is 24.0. The molecule has 0 radical (unpaired) electrons. The molecular weight excluding hydrogens is 502 g/mol. The van der Waals surface area contributed by atoms with Gasteiger partial charge in [-0.25, -0.2) is 22.4 Å². The van der Waals surface area contributed by atoms with Crippen molar-refractivity contribution in [3.8, 4) is 29.0 Å². The Morgan fingerprint density at radius 3 is 2.53 bits per heavy atom. The number of hydrogen-bond acceptors (Lipinski definition) is 7. The van der Waals surface area contributed by atoms with E-state index in [9.17, 15) is 18.8 Å². The Balaban J connectivity index is 1.59. The van der Waals surface area contributed by atoms with E-state index in [1.807, 2.05) is 0 Å². The molecule has 0 aliphatic heterocycles. The van der Waals surface area contributed by atoms with Crippen molar-refractivity contribution < 1.29 is 18.3 Å². The molecule has 0 bridgehead atoms. The van der Waals surface area contributed by atoms with E-state index in [-0.39, 0.29) is 22.6 Å². The van der Waals surface area contributed by atoms with Gasteiger partial charge in [0.25, 0.3) is 10.0 Å². The molecule has 0 amide bonds. The van der Waals surface area contributed by atoms with Crippen LogP contribution in [0.3, 0.4) is 0 Å². The summed E-state index contributed by atoms with van der Waals surface area (Å²) in [5.74, 6) is 1.13. The van der Waals surface area contributed by atoms with Crippen LogP contribution in [0.4, 0.5) is 0 Å². The summed E-state index contributed by atoms with van der Waals surface area (Å²) < 4.78 is 35.5. The van der Waals surface area contributed by atoms with Crippen LogP contribution in [0.5, 0.6) is 11.5 Å². The number of phenols is 1. The van der Waals surface area contributed by atoms with Crippen molar-refractivity contribution in [1.29, 1.82) is 5.26 Å². The zero-order valence-electron chi connectivity index (χ0n) is 20.7. The van der Waals surface area contributed by atoms with E-state index < -0.39 is 10.0 Å². The summed E-state index contributed by atoms with van der Waals surface area (Å²) >= 11 is 0. The number of pyridine rings is 1. The van der Waals surface area contributed by atoms with Gasteiger partial charge >= 0.3 is 0 Å². The molecule has 2 aromatic carbocycles. The predicted molar refractivity (Wildman–Crippen MR) is 142 cm³/mol. The maximum atomic E-state index is 13.5. The van der Waals surface area contributed by atoms with Crippen molar-refractivity contribution in [1.82, 2.24) is 18.5 Å². The van der Waals surface area contributed by atoms with Gasteiger partial charge in [-0.15, -0.1) is 0 Å². The number of aromatic hydroxyl groups is 1. The Kier molecular flexibility index (Phi) is 5.80. The van der Waals surface area contributed by atoms with E-state index in [1.54, 1.807) is 60.8 Å². The standard InChI is InChI=1S/C28H25N5O4S/c1-37-20-11-12-22(25(34)15-20)28-31-24-17-30-27-23(26(24)33(28)19-9-7-18(16-29)8-10-19)13-14-32(27)38(35,36)21-5-3-2-4-6-21/h2-6,11-15,17-19,34H,7-10H2,1H3/t18-,19-. The van der Waals surface area contributed by atoms with Crippen molar-refractivity contribution in [2.24, 2.45) is 5.92 Å². The lowest BCUT2D eigenvalue weighted by Gasteiger charge is -2.28. The number of phenolic OH excluding ortho intramolecular Hbond substituents is 1. The topological polar surface area (TPSA) is 123 Å². The summed E-state index contributed by atoms with van der Waals surface area (Å²) in [5, 5.41) is 21.0. The smallest absolute Gasteiger partial charge is 0.269 e. The number of nitriles is 1. The average Bonchev–Trinajstić information content (AvgIpc) is 3.55. The molecule has 3 aromatic heterocycles. The minimum atomic E-state index is -3.86. The number of aromatic nitrogens is 4. The van der Waals surface area contributed by atoms with Crippen LogP contribution in [0.2, 0.25) is 0 Å². The summed E-state index contributed by atoms with van der Waals surface area (Å²) in [6, 6.07) is 17.5. The first-order valence-corrected chi connectivity index (χ1v) is 13.8. The summed E-state index contributed by atoms with van der Waals surface area (Å²) in [6.07, 6.45) is 6.14. The van der Waals surface area contributed by atoms with Crippen LogP contribution in [-0.2, 0) is 10.0 Å². The maximum absolute atomic E-state index is 13.5. The molecule has 9 nitrogen and oxygen atoms in total. The lowest BCUT2D eigenvalue weighted by Crippen LogP contribution is -2.18. The van der Waals surface area contributed by atoms with Crippen molar-refractivity contribution in [2.75, 3.05) is 7.11 Å². The first-order chi connectivity index (χ1) is 18.4. The van der Waals surface area contributed by atoms with Gasteiger partial charge in [-0.05, 0) is 56.0 Å². The average molecular weight is 528 g/mol. The lowest BCUT2D eigenvalue weighted by molar-refractivity contribution is 0.320. The summed E-state index contributed by atoms with van der Waals surface area (Å²) in [6.45, 7) is 0. The van der Waals surface area contributed by atoms with Crippen molar-refractivity contribution >= 4 is 32.1 Å². The number of ether oxygens (including phenoxy) is 1. The van der Waals surface area contributed by atoms with Crippen LogP contribution in [0.1, 0.15) is 31.7 Å². The van der Waals surface area contributed by atoms with Crippen LogP contribution in [-0.4, -0.2) is 39.1 Å². The molecule has 0 saturated heterocycles. The van der Waals surface area contributed by atoms with E-state index >= 15 is 0 Å². The molecule has 192 valence electrons. The van der Waals surface area contributed by atoms with Crippen LogP contribution >= 0.6 is 0 Å². The molecule has 5 aromatic rings. The fourth-order valence-electron chi connectivity index (χ4n) is 5.38. The van der Waals surface area contributed by atoms with Crippen molar-refractivity contribution in [3.05, 3.63) is 67.0 Å². The zero-order valence-corrected chi connectivity index (χ0v) is 21.5. The van der Waals surface area contributed by atoms with E-state index in [0.717, 1.165) is 31.2 Å². The summed E-state index contributed by atoms with van der Waals surface area (Å²) in [4.78, 5) is 9.55. The maximum Gasteiger partial charge on any atom is 0.269 e. The molecule has 3 heterocycles. The molecule has 10 heteroatoms. The summed E-state index contributed by atoms with van der Waals surface area (Å²) in [5.41, 5.74) is 2.19. The number of benzene rings is 2. The molecule has 1 aliphatic carbocycles. The highest BCUT2D eigenvalue weighted by Gasteiger charge is 2.29. The van der Waals surface area contributed by atoms with Gasteiger partial charge < -0.3 is 14.4 Å². The number of hydrogen-bond donors (Lipinski definition) is 1. The molecule has 1 N–H and O–H groups in total. The number of rotatable bonds is 5. The second-order valence-corrected chi connectivity index (χ2v) is 11.3. The molecule has 1 saturated carbocycles. The van der Waals surface area contributed by atoms with Gasteiger partial charge in [-0.1, -0.05) is 18.2 Å². The van der Waals surface area contributed by atoms with Gasteiger partial charge in [-0.3, -0.25) is 0 Å². The van der Waals surface area contributed by atoms with Gasteiger partial charge in [0.1, 0.15) is 22.8 Å². The SMILES string of the molecule is COc1ccc(-c2nc3cnc4c(ccn4S(=O)(=O)c4ccccc4)c3n2[C@H]2CC[C@H](C#N)CC2)c(O)c1. The Hall–Kier alpha value is -4.36. The van der Waals surface area contributed by atoms with Gasteiger partial charge in [0, 0.05) is 29.6 Å². The minimum Gasteiger partial charge on any atom is -0.507 e. The predicted octanol–water partition coefficient (Wildman–Crippen LogP) is 5.26. The fraction of sp³-hybridized carbons (Fsp3) is 0.250. The third-order valence-electron chi connectivity index (χ3n) is 7.32. The minimum absolute atomic E-state index is 0.0117. The van der Waals surface area contributed by atoms with Crippen molar-refractivity contribution in [2.45, 2.75) is 36.6 Å². The number of methoxy groups -OCH3 is 1. The Labute approximate surface area is 219 Å². The van der Waals surface area contributed by atoms with Crippen LogP contribution in [0, 0.1) is 17.2 Å². The second kappa shape index (κ2) is 9.19. The highest BCUT2D eigenvalue weighted by atomic mass is 32.2. The number of nitrogens with zero attached hydrogens (tertiary/aromatic N) is 5. The van der Waals surface area contributed by atoms with Gasteiger partial charge in [-0.2, -0.15) is 5.26 Å². The largest absolute Gasteiger partial charge is 0.507 e. The quantitative estimate of drug-likeness (QED) is 0.331. The first-order valence-electron chi connectivity index (χ1n) is 12.4. The van der Waals surface area contributed by atoms with E-state index in [4.69, 9.17) is 9.72 Å². The zero-order chi connectivity index (χ0) is 26.4. The van der Waals surface area contributed by atoms with Gasteiger partial charge in [0.05, 0.1) is 35.4 Å². The summed E-state index contributed by atoms with van der Waals surface area (Å²) in [7, 11) is -2.33. The van der Waals surface area contributed by atoms with Crippen molar-refractivity contribution in [3.63, 3.8) is 0 Å². The van der Waals surface area contributed by atoms with E-state index in [0.29, 0.717) is 33.7 Å². The monoisotopic (exact) mass is 527 g/mol. The highest BCUT2D eigenvalue weighted by molar-refractivity contribution is 7.90. The molecule has 0 atom stereocenters. The third kappa shape index (κ3) is 3.78. The molecular formula is C28H25N5O4S. The van der Waals surface area contributed by atoms with E-state index in [2.05, 4.69) is 15.6 Å². The second-order valence-electron chi connectivity index (χ2n) is 9.48. The molecule has 38 heavy (non-hydrogen) atoms. The Morgan fingerprint density at radius 1 is 1.08 bits per heavy atom. The lowest BCUT2D eigenvalue weighted by atomic mass is 9.86. The molecule has 1 aliphatic rings. The molecule has 1 fully saturated rings. The van der Waals surface area contributed by atoms with Crippen LogP contribution in [0.15, 0.2) is 71.9 Å².